The molecule has 1 atom stereocenters. The van der Waals surface area contributed by atoms with Crippen LogP contribution < -0.4 is 0 Å². The Hall–Kier alpha value is -0.160. The summed E-state index contributed by atoms with van der Waals surface area (Å²) >= 11 is 0. The van der Waals surface area contributed by atoms with Gasteiger partial charge in [0.05, 0.1) is 18.3 Å². The fourth-order valence-electron chi connectivity index (χ4n) is 4.32. The van der Waals surface area contributed by atoms with Gasteiger partial charge in [-0.1, -0.05) is 0 Å². The van der Waals surface area contributed by atoms with Crippen LogP contribution in [0.3, 0.4) is 0 Å². The van der Waals surface area contributed by atoms with Gasteiger partial charge in [-0.3, -0.25) is 0 Å². The molecule has 0 aromatic rings. The summed E-state index contributed by atoms with van der Waals surface area (Å²) in [5.41, 5.74) is 0. The lowest BCUT2D eigenvalue weighted by molar-refractivity contribution is -0.128. The van der Waals surface area contributed by atoms with Crippen molar-refractivity contribution in [2.45, 2.75) is 69.8 Å². The van der Waals surface area contributed by atoms with E-state index in [0.717, 1.165) is 24.8 Å². The van der Waals surface area contributed by atoms with E-state index in [9.17, 15) is 0 Å². The number of hydrogen-bond acceptors (Lipinski definition) is 4. The molecule has 2 saturated heterocycles. The van der Waals surface area contributed by atoms with Crippen LogP contribution >= 0.6 is 0 Å². The number of ether oxygens (including phenoxy) is 2. The smallest absolute Gasteiger partial charge is 0.0628 e. The van der Waals surface area contributed by atoms with Gasteiger partial charge in [0, 0.05) is 26.2 Å². The molecule has 0 amide bonds. The molecular weight excluding hydrogens is 276 g/mol. The van der Waals surface area contributed by atoms with Gasteiger partial charge in [-0.2, -0.15) is 0 Å². The first-order valence-electron chi connectivity index (χ1n) is 9.26. The molecule has 0 aromatic carbocycles. The highest BCUT2D eigenvalue weighted by molar-refractivity contribution is 4.86. The molecule has 0 aromatic heterocycles. The average Bonchev–Trinajstić information content (AvgIpc) is 2.51. The Morgan fingerprint density at radius 1 is 0.864 bits per heavy atom. The Morgan fingerprint density at radius 2 is 1.50 bits per heavy atom. The van der Waals surface area contributed by atoms with Crippen molar-refractivity contribution < 1.29 is 9.47 Å². The molecule has 0 spiro atoms. The lowest BCUT2D eigenvalue weighted by Crippen LogP contribution is -2.49. The quantitative estimate of drug-likeness (QED) is 0.778. The van der Waals surface area contributed by atoms with Gasteiger partial charge in [0.15, 0.2) is 0 Å². The van der Waals surface area contributed by atoms with Gasteiger partial charge in [-0.15, -0.1) is 0 Å². The van der Waals surface area contributed by atoms with Gasteiger partial charge in [0.2, 0.25) is 0 Å². The average molecular weight is 310 g/mol. The highest BCUT2D eigenvalue weighted by Gasteiger charge is 2.34. The summed E-state index contributed by atoms with van der Waals surface area (Å²) in [7, 11) is 4.06. The van der Waals surface area contributed by atoms with Crippen molar-refractivity contribution >= 4 is 0 Å². The van der Waals surface area contributed by atoms with Crippen molar-refractivity contribution in [1.82, 2.24) is 9.80 Å². The molecule has 1 unspecified atom stereocenters. The van der Waals surface area contributed by atoms with Crippen LogP contribution in [0.1, 0.15) is 45.4 Å². The van der Waals surface area contributed by atoms with Gasteiger partial charge in [-0.25, -0.2) is 0 Å². The maximum Gasteiger partial charge on any atom is 0.0628 e. The molecule has 2 heterocycles. The number of likely N-dealkylation sites (tertiary alicyclic amines) is 2. The maximum atomic E-state index is 6.23. The Morgan fingerprint density at radius 3 is 2.09 bits per heavy atom. The van der Waals surface area contributed by atoms with Crippen LogP contribution in [0.4, 0.5) is 0 Å². The van der Waals surface area contributed by atoms with Gasteiger partial charge in [-0.05, 0) is 71.5 Å². The summed E-state index contributed by atoms with van der Waals surface area (Å²) in [5.74, 6) is 0.891. The predicted molar refractivity (Wildman–Crippen MR) is 89.2 cm³/mol. The zero-order valence-electron chi connectivity index (χ0n) is 14.7. The van der Waals surface area contributed by atoms with Gasteiger partial charge in [0.25, 0.3) is 0 Å². The molecule has 3 fully saturated rings. The molecule has 1 aliphatic carbocycles. The molecule has 0 radical (unpaired) electrons. The largest absolute Gasteiger partial charge is 0.381 e. The molecule has 128 valence electrons. The van der Waals surface area contributed by atoms with E-state index in [0.29, 0.717) is 18.3 Å². The fourth-order valence-corrected chi connectivity index (χ4v) is 4.32. The summed E-state index contributed by atoms with van der Waals surface area (Å²) in [6.07, 6.45) is 8.77. The van der Waals surface area contributed by atoms with E-state index >= 15 is 0 Å². The van der Waals surface area contributed by atoms with Crippen molar-refractivity contribution in [3.05, 3.63) is 0 Å². The van der Waals surface area contributed by atoms with Gasteiger partial charge >= 0.3 is 0 Å². The van der Waals surface area contributed by atoms with Crippen LogP contribution in [0.25, 0.3) is 0 Å². The highest BCUT2D eigenvalue weighted by Crippen LogP contribution is 2.30. The third-order valence-corrected chi connectivity index (χ3v) is 6.27. The fraction of sp³-hybridized carbons (Fsp3) is 1.00. The van der Waals surface area contributed by atoms with Gasteiger partial charge < -0.3 is 19.3 Å². The van der Waals surface area contributed by atoms with Crippen LogP contribution in [-0.4, -0.2) is 74.5 Å². The van der Waals surface area contributed by atoms with E-state index in [1.54, 1.807) is 0 Å². The van der Waals surface area contributed by atoms with E-state index < -0.39 is 0 Å². The molecule has 0 N–H and O–H groups in total. The SMILES string of the molecule is CO[C@H]1C[C@H](OC2CCN(C(C)C3CCN(C)CC3)CC2)C1. The van der Waals surface area contributed by atoms with Crippen molar-refractivity contribution in [1.29, 1.82) is 0 Å². The molecule has 4 nitrogen and oxygen atoms in total. The van der Waals surface area contributed by atoms with E-state index in [1.807, 2.05) is 7.11 Å². The maximum absolute atomic E-state index is 6.23. The number of nitrogens with zero attached hydrogens (tertiary/aromatic N) is 2. The molecule has 0 bridgehead atoms. The minimum atomic E-state index is 0.453. The summed E-state index contributed by atoms with van der Waals surface area (Å²) in [4.78, 5) is 5.18. The second-order valence-corrected chi connectivity index (χ2v) is 7.70. The molecule has 1 saturated carbocycles. The van der Waals surface area contributed by atoms with Crippen LogP contribution in [0, 0.1) is 5.92 Å². The van der Waals surface area contributed by atoms with Crippen molar-refractivity contribution in [2.75, 3.05) is 40.3 Å². The normalized spacial score (nSPS) is 34.5. The lowest BCUT2D eigenvalue weighted by Gasteiger charge is -2.43. The highest BCUT2D eigenvalue weighted by atomic mass is 16.5. The van der Waals surface area contributed by atoms with E-state index in [-0.39, 0.29) is 0 Å². The standard InChI is InChI=1S/C18H34N2O2/c1-14(15-4-8-19(2)9-5-15)20-10-6-16(7-11-20)22-18-12-17(13-18)21-3/h14-18H,4-13H2,1-3H3/t14?,17-,18-. The summed E-state index contributed by atoms with van der Waals surface area (Å²) < 4.78 is 11.6. The van der Waals surface area contributed by atoms with Crippen LogP contribution in [0.5, 0.6) is 0 Å². The topological polar surface area (TPSA) is 24.9 Å². The molecule has 3 rings (SSSR count). The summed E-state index contributed by atoms with van der Waals surface area (Å²) in [6.45, 7) is 7.44. The van der Waals surface area contributed by atoms with Gasteiger partial charge in [0.1, 0.15) is 0 Å². The predicted octanol–water partition coefficient (Wildman–Crippen LogP) is 2.38. The molecule has 4 heteroatoms. The van der Waals surface area contributed by atoms with E-state index in [4.69, 9.17) is 9.47 Å². The Bertz CT molecular complexity index is 330. The Labute approximate surface area is 136 Å². The van der Waals surface area contributed by atoms with Crippen LogP contribution in [0.2, 0.25) is 0 Å². The minimum absolute atomic E-state index is 0.453. The molecule has 3 aliphatic rings. The van der Waals surface area contributed by atoms with Crippen LogP contribution in [-0.2, 0) is 9.47 Å². The number of methoxy groups -OCH3 is 1. The van der Waals surface area contributed by atoms with Crippen molar-refractivity contribution in [2.24, 2.45) is 5.92 Å². The zero-order valence-corrected chi connectivity index (χ0v) is 14.7. The summed E-state index contributed by atoms with van der Waals surface area (Å²) in [6, 6.07) is 0.747. The first-order chi connectivity index (χ1) is 10.7. The van der Waals surface area contributed by atoms with Crippen LogP contribution in [0.15, 0.2) is 0 Å². The number of rotatable bonds is 5. The Kier molecular flexibility index (Phi) is 5.77. The van der Waals surface area contributed by atoms with Crippen molar-refractivity contribution in [3.8, 4) is 0 Å². The third kappa shape index (κ3) is 4.02. The number of hydrogen-bond donors (Lipinski definition) is 0. The zero-order chi connectivity index (χ0) is 15.5. The molecular formula is C18H34N2O2. The second-order valence-electron chi connectivity index (χ2n) is 7.70. The Balaban J connectivity index is 1.36. The number of piperidine rings is 2. The van der Waals surface area contributed by atoms with E-state index in [2.05, 4.69) is 23.8 Å². The van der Waals surface area contributed by atoms with Crippen molar-refractivity contribution in [3.63, 3.8) is 0 Å². The first kappa shape index (κ1) is 16.7. The lowest BCUT2D eigenvalue weighted by atomic mass is 9.88. The summed E-state index contributed by atoms with van der Waals surface area (Å²) in [5, 5.41) is 0. The van der Waals surface area contributed by atoms with E-state index in [1.165, 1.54) is 51.9 Å². The monoisotopic (exact) mass is 310 g/mol. The third-order valence-electron chi connectivity index (χ3n) is 6.27. The molecule has 2 aliphatic heterocycles. The molecule has 22 heavy (non-hydrogen) atoms. The minimum Gasteiger partial charge on any atom is -0.381 e. The first-order valence-corrected chi connectivity index (χ1v) is 9.26. The second kappa shape index (κ2) is 7.61.